The average Bonchev–Trinajstić information content (AvgIpc) is 3.13. The third kappa shape index (κ3) is 3.78. The molecule has 0 aromatic heterocycles. The Morgan fingerprint density at radius 1 is 0.629 bits per heavy atom. The smallest absolute Gasteiger partial charge is 0.0235 e. The Kier molecular flexibility index (Phi) is 6.87. The fourth-order valence-corrected chi connectivity index (χ4v) is 13.1. The van der Waals surface area contributed by atoms with E-state index in [4.69, 9.17) is 0 Å². The van der Waals surface area contributed by atoms with Gasteiger partial charge in [0.05, 0.1) is 0 Å². The number of hydrogen-bond donors (Lipinski definition) is 0. The number of rotatable bonds is 6. The van der Waals surface area contributed by atoms with Crippen molar-refractivity contribution in [2.75, 3.05) is 0 Å². The summed E-state index contributed by atoms with van der Waals surface area (Å²) < 4.78 is 0. The Hall–Kier alpha value is 0. The predicted molar refractivity (Wildman–Crippen MR) is 152 cm³/mol. The van der Waals surface area contributed by atoms with E-state index in [0.29, 0.717) is 27.1 Å². The topological polar surface area (TPSA) is 0 Å². The lowest BCUT2D eigenvalue weighted by Gasteiger charge is -2.73. The van der Waals surface area contributed by atoms with Crippen molar-refractivity contribution < 1.29 is 0 Å². The standard InChI is InChI=1S/C35H62/c1-9-10-11-12-14-25(2)26-17-22-32(5)27(26)18-23-34(7)29(32)15-16-30-33(6)21-13-20-31(3,4)28(33)19-24-35(30,34)8/h25-30H,9-24H2,1-8H3/t25?,26-,27+,28-,29+,30+,32-,33-,34+,35+/m0/s1. The second-order valence-corrected chi connectivity index (χ2v) is 16.6. The van der Waals surface area contributed by atoms with Crippen LogP contribution in [0, 0.1) is 62.6 Å². The molecule has 5 rings (SSSR count). The molecule has 0 N–H and O–H groups in total. The van der Waals surface area contributed by atoms with E-state index in [1.165, 1.54) is 83.5 Å². The number of fused-ring (bicyclic) bond motifs is 7. The first-order valence-corrected chi connectivity index (χ1v) is 16.4. The van der Waals surface area contributed by atoms with E-state index in [1.54, 1.807) is 19.3 Å². The van der Waals surface area contributed by atoms with Crippen LogP contribution < -0.4 is 0 Å². The highest BCUT2D eigenvalue weighted by molar-refractivity contribution is 5.19. The highest BCUT2D eigenvalue weighted by Crippen LogP contribution is 2.78. The van der Waals surface area contributed by atoms with Crippen LogP contribution in [0.15, 0.2) is 0 Å². The molecule has 5 saturated carbocycles. The third-order valence-electron chi connectivity index (χ3n) is 15.0. The molecule has 202 valence electrons. The molecule has 1 unspecified atom stereocenters. The first kappa shape index (κ1) is 26.6. The lowest BCUT2D eigenvalue weighted by molar-refractivity contribution is -0.241. The molecule has 5 aliphatic rings. The molecular weight excluding hydrogens is 420 g/mol. The molecule has 0 heterocycles. The summed E-state index contributed by atoms with van der Waals surface area (Å²) in [5.41, 5.74) is 2.89. The molecule has 0 saturated heterocycles. The Bertz CT molecular complexity index is 764. The minimum absolute atomic E-state index is 0.557. The largest absolute Gasteiger partial charge is 0.0654 e. The third-order valence-corrected chi connectivity index (χ3v) is 15.0. The van der Waals surface area contributed by atoms with Gasteiger partial charge in [0, 0.05) is 0 Å². The lowest BCUT2D eigenvalue weighted by Crippen LogP contribution is -2.65. The highest BCUT2D eigenvalue weighted by Gasteiger charge is 2.70. The Morgan fingerprint density at radius 2 is 1.29 bits per heavy atom. The summed E-state index contributed by atoms with van der Waals surface area (Å²) in [5.74, 6) is 5.88. The lowest BCUT2D eigenvalue weighted by atomic mass is 9.32. The van der Waals surface area contributed by atoms with Gasteiger partial charge in [-0.05, 0) is 127 Å². The molecule has 0 spiro atoms. The van der Waals surface area contributed by atoms with Crippen molar-refractivity contribution in [2.45, 2.75) is 158 Å². The van der Waals surface area contributed by atoms with Crippen molar-refractivity contribution in [3.63, 3.8) is 0 Å². The maximum absolute atomic E-state index is 2.84. The van der Waals surface area contributed by atoms with Crippen molar-refractivity contribution in [1.82, 2.24) is 0 Å². The molecule has 0 aromatic carbocycles. The molecule has 0 bridgehead atoms. The SMILES string of the molecule is CCCCCCC(C)[C@@H]1CC[C@@]2(C)[C@@H]1CC[C@]1(C)[C@@H]2CC[C@@H]2[C@@]3(C)CCCC(C)(C)[C@@H]3CC[C@]21C. The van der Waals surface area contributed by atoms with Crippen LogP contribution in [-0.2, 0) is 0 Å². The van der Waals surface area contributed by atoms with Crippen LogP contribution in [0.5, 0.6) is 0 Å². The number of hydrogen-bond acceptors (Lipinski definition) is 0. The van der Waals surface area contributed by atoms with Crippen LogP contribution in [0.25, 0.3) is 0 Å². The molecular formula is C35H62. The second-order valence-electron chi connectivity index (χ2n) is 16.6. The zero-order chi connectivity index (χ0) is 25.3. The summed E-state index contributed by atoms with van der Waals surface area (Å²) in [6.07, 6.45) is 24.0. The van der Waals surface area contributed by atoms with Crippen LogP contribution in [0.1, 0.15) is 158 Å². The first-order chi connectivity index (χ1) is 16.4. The minimum Gasteiger partial charge on any atom is -0.0654 e. The van der Waals surface area contributed by atoms with Gasteiger partial charge in [0.2, 0.25) is 0 Å². The molecule has 0 heteroatoms. The van der Waals surface area contributed by atoms with Crippen molar-refractivity contribution in [3.8, 4) is 0 Å². The molecule has 10 atom stereocenters. The molecule has 35 heavy (non-hydrogen) atoms. The van der Waals surface area contributed by atoms with Gasteiger partial charge in [0.1, 0.15) is 0 Å². The quantitative estimate of drug-likeness (QED) is 0.330. The van der Waals surface area contributed by atoms with E-state index in [0.717, 1.165) is 35.5 Å². The molecule has 0 aliphatic heterocycles. The monoisotopic (exact) mass is 482 g/mol. The second kappa shape index (κ2) is 9.04. The molecule has 5 aliphatic carbocycles. The van der Waals surface area contributed by atoms with Crippen molar-refractivity contribution in [2.24, 2.45) is 62.6 Å². The van der Waals surface area contributed by atoms with Gasteiger partial charge in [0.25, 0.3) is 0 Å². The summed E-state index contributed by atoms with van der Waals surface area (Å²) in [6, 6.07) is 0. The van der Waals surface area contributed by atoms with Crippen LogP contribution in [0.3, 0.4) is 0 Å². The highest BCUT2D eigenvalue weighted by atomic mass is 14.7. The zero-order valence-electron chi connectivity index (χ0n) is 25.3. The molecule has 0 amide bonds. The van der Waals surface area contributed by atoms with Gasteiger partial charge in [0.15, 0.2) is 0 Å². The summed E-state index contributed by atoms with van der Waals surface area (Å²) in [6.45, 7) is 21.5. The normalized spacial score (nSPS) is 51.6. The van der Waals surface area contributed by atoms with Gasteiger partial charge in [-0.1, -0.05) is 93.9 Å². The summed E-state index contributed by atoms with van der Waals surface area (Å²) in [5, 5.41) is 0. The van der Waals surface area contributed by atoms with Gasteiger partial charge >= 0.3 is 0 Å². The Morgan fingerprint density at radius 3 is 1.97 bits per heavy atom. The fourth-order valence-electron chi connectivity index (χ4n) is 13.1. The van der Waals surface area contributed by atoms with E-state index in [-0.39, 0.29) is 0 Å². The average molecular weight is 483 g/mol. The van der Waals surface area contributed by atoms with E-state index in [2.05, 4.69) is 55.4 Å². The van der Waals surface area contributed by atoms with Crippen LogP contribution in [-0.4, -0.2) is 0 Å². The molecule has 5 fully saturated rings. The van der Waals surface area contributed by atoms with Crippen LogP contribution >= 0.6 is 0 Å². The van der Waals surface area contributed by atoms with E-state index in [1.807, 2.05) is 0 Å². The van der Waals surface area contributed by atoms with Crippen LogP contribution in [0.2, 0.25) is 0 Å². The van der Waals surface area contributed by atoms with Crippen molar-refractivity contribution in [1.29, 1.82) is 0 Å². The van der Waals surface area contributed by atoms with Gasteiger partial charge in [-0.2, -0.15) is 0 Å². The van der Waals surface area contributed by atoms with E-state index in [9.17, 15) is 0 Å². The predicted octanol–water partition coefficient (Wildman–Crippen LogP) is 11.1. The summed E-state index contributed by atoms with van der Waals surface area (Å²) in [7, 11) is 0. The fraction of sp³-hybridized carbons (Fsp3) is 1.00. The van der Waals surface area contributed by atoms with Crippen molar-refractivity contribution in [3.05, 3.63) is 0 Å². The van der Waals surface area contributed by atoms with Gasteiger partial charge in [-0.15, -0.1) is 0 Å². The number of unbranched alkanes of at least 4 members (excludes halogenated alkanes) is 3. The Balaban J connectivity index is 1.38. The summed E-state index contributed by atoms with van der Waals surface area (Å²) >= 11 is 0. The van der Waals surface area contributed by atoms with E-state index >= 15 is 0 Å². The van der Waals surface area contributed by atoms with Gasteiger partial charge in [-0.25, -0.2) is 0 Å². The minimum atomic E-state index is 0.557. The first-order valence-electron chi connectivity index (χ1n) is 16.4. The molecule has 0 nitrogen and oxygen atoms in total. The van der Waals surface area contributed by atoms with Crippen LogP contribution in [0.4, 0.5) is 0 Å². The zero-order valence-corrected chi connectivity index (χ0v) is 25.3. The molecule has 0 radical (unpaired) electrons. The van der Waals surface area contributed by atoms with Crippen molar-refractivity contribution >= 4 is 0 Å². The van der Waals surface area contributed by atoms with E-state index < -0.39 is 0 Å². The molecule has 0 aromatic rings. The summed E-state index contributed by atoms with van der Waals surface area (Å²) in [4.78, 5) is 0. The van der Waals surface area contributed by atoms with Gasteiger partial charge in [-0.3, -0.25) is 0 Å². The maximum Gasteiger partial charge on any atom is -0.0235 e. The maximum atomic E-state index is 2.84. The Labute approximate surface area is 220 Å². The van der Waals surface area contributed by atoms with Gasteiger partial charge < -0.3 is 0 Å².